The molecule has 5 rings (SSSR count). The van der Waals surface area contributed by atoms with Crippen molar-refractivity contribution < 1.29 is 18.4 Å². The van der Waals surface area contributed by atoms with E-state index in [-0.39, 0.29) is 28.4 Å². The van der Waals surface area contributed by atoms with Crippen LogP contribution in [0.15, 0.2) is 36.5 Å². The molecule has 1 aliphatic carbocycles. The molecule has 8 nitrogen and oxygen atoms in total. The molecule has 35 heavy (non-hydrogen) atoms. The third kappa shape index (κ3) is 4.61. The molecule has 1 aliphatic rings. The molecule has 0 bridgehead atoms. The number of hydrogen-bond acceptors (Lipinski definition) is 5. The van der Waals surface area contributed by atoms with Crippen LogP contribution in [0.1, 0.15) is 30.1 Å². The minimum Gasteiger partial charge on any atom is -0.365 e. The second-order valence-corrected chi connectivity index (χ2v) is 8.78. The van der Waals surface area contributed by atoms with Crippen molar-refractivity contribution in [2.45, 2.75) is 25.8 Å². The summed E-state index contributed by atoms with van der Waals surface area (Å²) in [5.74, 6) is -2.11. The highest BCUT2D eigenvalue weighted by Gasteiger charge is 2.25. The summed E-state index contributed by atoms with van der Waals surface area (Å²) in [5, 5.41) is 8.93. The summed E-state index contributed by atoms with van der Waals surface area (Å²) in [6, 6.07) is 7.28. The number of nitrogens with one attached hydrogen (secondary N) is 3. The molecule has 1 saturated carbocycles. The van der Waals surface area contributed by atoms with Crippen molar-refractivity contribution in [1.29, 1.82) is 0 Å². The van der Waals surface area contributed by atoms with E-state index in [0.717, 1.165) is 25.0 Å². The first-order valence-corrected chi connectivity index (χ1v) is 11.4. The summed E-state index contributed by atoms with van der Waals surface area (Å²) in [6.07, 6.45) is 3.50. The molecule has 0 saturated heterocycles. The molecule has 2 amide bonds. The maximum absolute atomic E-state index is 14.2. The number of halogens is 3. The SMILES string of the molecule is CC(=O)NCCNc1nc2cc(F)c(F)cc2n2c(-c3ccc(C(=O)NC4CC4)c(Cl)c3)cnc12. The van der Waals surface area contributed by atoms with Gasteiger partial charge in [-0.1, -0.05) is 17.7 Å². The maximum Gasteiger partial charge on any atom is 0.253 e. The number of imidazole rings is 1. The largest absolute Gasteiger partial charge is 0.365 e. The molecule has 1 fully saturated rings. The van der Waals surface area contributed by atoms with Crippen molar-refractivity contribution in [3.63, 3.8) is 0 Å². The molecule has 2 heterocycles. The summed E-state index contributed by atoms with van der Waals surface area (Å²) in [7, 11) is 0. The van der Waals surface area contributed by atoms with Crippen LogP contribution in [-0.2, 0) is 4.79 Å². The molecular weight excluding hydrogens is 478 g/mol. The van der Waals surface area contributed by atoms with Gasteiger partial charge in [-0.2, -0.15) is 0 Å². The third-order valence-corrected chi connectivity index (χ3v) is 5.99. The second kappa shape index (κ2) is 9.10. The monoisotopic (exact) mass is 498 g/mol. The van der Waals surface area contributed by atoms with Gasteiger partial charge in [-0.15, -0.1) is 0 Å². The summed E-state index contributed by atoms with van der Waals surface area (Å²) >= 11 is 6.44. The van der Waals surface area contributed by atoms with Gasteiger partial charge in [0, 0.05) is 43.8 Å². The number of carbonyl (C=O) groups excluding carboxylic acids is 2. The lowest BCUT2D eigenvalue weighted by Crippen LogP contribution is -2.26. The standard InChI is InChI=1S/C24H21ClF2N6O2/c1-12(34)28-6-7-29-22-23-30-11-21(33(23)20-10-18(27)17(26)9-19(20)32-22)13-2-5-15(16(25)8-13)24(35)31-14-3-4-14/h2,5,8-11,14H,3-4,6-7H2,1H3,(H,28,34)(H,29,32)(H,31,35). The van der Waals surface area contributed by atoms with Crippen LogP contribution in [-0.4, -0.2) is 45.3 Å². The van der Waals surface area contributed by atoms with Crippen LogP contribution in [0.25, 0.3) is 27.9 Å². The maximum atomic E-state index is 14.2. The van der Waals surface area contributed by atoms with Gasteiger partial charge in [-0.05, 0) is 25.0 Å². The first-order valence-electron chi connectivity index (χ1n) is 11.1. The van der Waals surface area contributed by atoms with Crippen molar-refractivity contribution in [3.8, 4) is 11.3 Å². The number of amides is 2. The average Bonchev–Trinajstić information content (AvgIpc) is 3.51. The van der Waals surface area contributed by atoms with Gasteiger partial charge in [0.25, 0.3) is 5.91 Å². The fourth-order valence-electron chi connectivity index (χ4n) is 3.82. The topological polar surface area (TPSA) is 100 Å². The normalized spacial score (nSPS) is 13.3. The Morgan fingerprint density at radius 3 is 2.63 bits per heavy atom. The summed E-state index contributed by atoms with van der Waals surface area (Å²) < 4.78 is 29.9. The summed E-state index contributed by atoms with van der Waals surface area (Å²) in [4.78, 5) is 32.5. The van der Waals surface area contributed by atoms with E-state index in [1.165, 1.54) is 6.92 Å². The molecule has 0 radical (unpaired) electrons. The third-order valence-electron chi connectivity index (χ3n) is 5.68. The van der Waals surface area contributed by atoms with E-state index in [0.29, 0.717) is 46.9 Å². The van der Waals surface area contributed by atoms with Crippen LogP contribution in [0.4, 0.5) is 14.6 Å². The van der Waals surface area contributed by atoms with Gasteiger partial charge >= 0.3 is 0 Å². The van der Waals surface area contributed by atoms with Gasteiger partial charge in [-0.25, -0.2) is 18.7 Å². The number of carbonyl (C=O) groups is 2. The Labute approximate surface area is 203 Å². The number of nitrogens with zero attached hydrogens (tertiary/aromatic N) is 3. The Bertz CT molecular complexity index is 1480. The van der Waals surface area contributed by atoms with E-state index in [9.17, 15) is 18.4 Å². The zero-order valence-electron chi connectivity index (χ0n) is 18.7. The average molecular weight is 499 g/mol. The summed E-state index contributed by atoms with van der Waals surface area (Å²) in [6.45, 7) is 2.10. The Morgan fingerprint density at radius 1 is 1.14 bits per heavy atom. The lowest BCUT2D eigenvalue weighted by atomic mass is 10.1. The zero-order chi connectivity index (χ0) is 24.7. The molecule has 180 valence electrons. The Kier molecular flexibility index (Phi) is 5.98. The fourth-order valence-corrected chi connectivity index (χ4v) is 4.09. The Hall–Kier alpha value is -3.79. The molecule has 4 aromatic rings. The van der Waals surface area contributed by atoms with Crippen molar-refractivity contribution in [2.24, 2.45) is 0 Å². The molecule has 2 aromatic heterocycles. The minimum absolute atomic E-state index is 0.171. The van der Waals surface area contributed by atoms with E-state index in [4.69, 9.17) is 11.6 Å². The molecule has 0 unspecified atom stereocenters. The van der Waals surface area contributed by atoms with Gasteiger partial charge < -0.3 is 16.0 Å². The zero-order valence-corrected chi connectivity index (χ0v) is 19.4. The highest BCUT2D eigenvalue weighted by atomic mass is 35.5. The number of rotatable bonds is 7. The van der Waals surface area contributed by atoms with Gasteiger partial charge in [0.2, 0.25) is 5.91 Å². The number of anilines is 1. The highest BCUT2D eigenvalue weighted by Crippen LogP contribution is 2.32. The van der Waals surface area contributed by atoms with Crippen LogP contribution >= 0.6 is 11.6 Å². The van der Waals surface area contributed by atoms with Crippen LogP contribution in [0, 0.1) is 11.6 Å². The van der Waals surface area contributed by atoms with Crippen LogP contribution in [0.5, 0.6) is 0 Å². The van der Waals surface area contributed by atoms with Crippen molar-refractivity contribution >= 4 is 45.9 Å². The van der Waals surface area contributed by atoms with Crippen molar-refractivity contribution in [3.05, 3.63) is 58.7 Å². The lowest BCUT2D eigenvalue weighted by Gasteiger charge is -2.13. The number of benzene rings is 2. The van der Waals surface area contributed by atoms with Crippen LogP contribution in [0.2, 0.25) is 5.02 Å². The molecule has 2 aromatic carbocycles. The van der Waals surface area contributed by atoms with Gasteiger partial charge in [0.1, 0.15) is 0 Å². The highest BCUT2D eigenvalue weighted by molar-refractivity contribution is 6.34. The number of hydrogen-bond donors (Lipinski definition) is 3. The molecular formula is C24H21ClF2N6O2. The van der Waals surface area contributed by atoms with Crippen molar-refractivity contribution in [1.82, 2.24) is 25.0 Å². The Morgan fingerprint density at radius 2 is 1.91 bits per heavy atom. The summed E-state index contributed by atoms with van der Waals surface area (Å²) in [5.41, 5.74) is 2.45. The molecule has 0 spiro atoms. The van der Waals surface area contributed by atoms with E-state index in [1.807, 2.05) is 0 Å². The lowest BCUT2D eigenvalue weighted by molar-refractivity contribution is -0.118. The first kappa shape index (κ1) is 23.0. The van der Waals surface area contributed by atoms with Crippen LogP contribution in [0.3, 0.4) is 0 Å². The van der Waals surface area contributed by atoms with Gasteiger partial charge in [-0.3, -0.25) is 14.0 Å². The first-order chi connectivity index (χ1) is 16.8. The molecule has 3 N–H and O–H groups in total. The smallest absolute Gasteiger partial charge is 0.253 e. The van der Waals surface area contributed by atoms with Crippen molar-refractivity contribution in [2.75, 3.05) is 18.4 Å². The van der Waals surface area contributed by atoms with E-state index in [1.54, 1.807) is 28.8 Å². The molecule has 0 atom stereocenters. The van der Waals surface area contributed by atoms with E-state index < -0.39 is 11.6 Å². The molecule has 0 aliphatic heterocycles. The number of aromatic nitrogens is 3. The van der Waals surface area contributed by atoms with E-state index in [2.05, 4.69) is 25.9 Å². The Balaban J connectivity index is 1.59. The van der Waals surface area contributed by atoms with Gasteiger partial charge in [0.05, 0.1) is 33.5 Å². The molecule has 11 heteroatoms. The number of fused-ring (bicyclic) bond motifs is 3. The van der Waals surface area contributed by atoms with E-state index >= 15 is 0 Å². The quantitative estimate of drug-likeness (QED) is 0.335. The fraction of sp³-hybridized carbons (Fsp3) is 0.250. The van der Waals surface area contributed by atoms with Crippen LogP contribution < -0.4 is 16.0 Å². The van der Waals surface area contributed by atoms with Gasteiger partial charge in [0.15, 0.2) is 23.1 Å². The second-order valence-electron chi connectivity index (χ2n) is 8.37. The predicted octanol–water partition coefficient (Wildman–Crippen LogP) is 3.92. The minimum atomic E-state index is -1.02. The predicted molar refractivity (Wildman–Crippen MR) is 129 cm³/mol.